The molecule has 0 aliphatic rings. The fourth-order valence-corrected chi connectivity index (χ4v) is 16.8. The molecule has 0 fully saturated rings. The van der Waals surface area contributed by atoms with E-state index in [0.29, 0.717) is 22.5 Å². The van der Waals surface area contributed by atoms with E-state index in [-0.39, 0.29) is 11.6 Å². The van der Waals surface area contributed by atoms with E-state index in [1.807, 2.05) is 36.4 Å². The molecule has 0 aliphatic carbocycles. The molecule has 12 aromatic rings. The topological polar surface area (TPSA) is 6.48 Å². The number of nitrogens with zero attached hydrogens (tertiary/aromatic N) is 2. The first-order valence-electron chi connectivity index (χ1n) is 29.5. The van der Waals surface area contributed by atoms with Crippen molar-refractivity contribution < 1.29 is 8.78 Å². The molecule has 0 saturated carbocycles. The molecule has 0 aromatic heterocycles. The highest BCUT2D eigenvalue weighted by Crippen LogP contribution is 2.50. The Morgan fingerprint density at radius 2 is 0.571 bits per heavy atom. The molecule has 0 radical (unpaired) electrons. The number of para-hydroxylation sites is 2. The molecule has 0 bridgehead atoms. The van der Waals surface area contributed by atoms with Crippen molar-refractivity contribution in [2.75, 3.05) is 9.80 Å². The van der Waals surface area contributed by atoms with Gasteiger partial charge in [-0.3, -0.25) is 0 Å². The number of hydrogen-bond acceptors (Lipinski definition) is 2. The Bertz CT molecular complexity index is 4170. The van der Waals surface area contributed by atoms with Crippen LogP contribution in [-0.2, 0) is 0 Å². The van der Waals surface area contributed by atoms with Gasteiger partial charge in [-0.1, -0.05) is 269 Å². The van der Waals surface area contributed by atoms with E-state index in [1.165, 1.54) is 20.7 Å². The van der Waals surface area contributed by atoms with Crippen molar-refractivity contribution in [1.82, 2.24) is 0 Å². The van der Waals surface area contributed by atoms with Gasteiger partial charge in [-0.2, -0.15) is 0 Å². The molecule has 0 saturated heterocycles. The summed E-state index contributed by atoms with van der Waals surface area (Å²) < 4.78 is 37.3. The van der Waals surface area contributed by atoms with Gasteiger partial charge in [0.25, 0.3) is 0 Å². The largest absolute Gasteiger partial charge is 0.307 e. The van der Waals surface area contributed by atoms with E-state index in [4.69, 9.17) is 0 Å². The summed E-state index contributed by atoms with van der Waals surface area (Å²) in [5, 5.41) is 11.4. The summed E-state index contributed by atoms with van der Waals surface area (Å²) in [7, 11) is -6.99. The maximum Gasteiger partial charge on any atom is 0.155 e. The zero-order valence-electron chi connectivity index (χ0n) is 50.6. The van der Waals surface area contributed by atoms with Gasteiger partial charge in [0, 0.05) is 33.3 Å². The lowest BCUT2D eigenvalue weighted by molar-refractivity contribution is 0.632. The standard InChI is InChI=1S/C76H74F2N2Si4/c1-81(2,3)61-31-19-23-53(43-61)57-47-67(55-25-21-33-63(45-55)83(7,8)9)75(77)71(49-57)79(59-27-15-13-16-28-59)69-41-37-51-36-40-66-70(42-38-52-35-39-65(69)73(51)74(52)66)80(60-29-17-14-18-30-60)72-50-58(54-24-20-32-62(44-54)82(4,5)6)48-68(76(72)78)56-26-22-34-64(46-56)84(10,11)12/h13-50H,1-12H3. The Morgan fingerprint density at radius 3 is 0.905 bits per heavy atom. The Kier molecular flexibility index (Phi) is 14.5. The molecule has 8 heteroatoms. The third-order valence-electron chi connectivity index (χ3n) is 16.9. The predicted octanol–water partition coefficient (Wildman–Crippen LogP) is 20.7. The molecule has 418 valence electrons. The number of anilines is 6. The minimum Gasteiger partial charge on any atom is -0.307 e. The Morgan fingerprint density at radius 1 is 0.262 bits per heavy atom. The highest BCUT2D eigenvalue weighted by molar-refractivity contribution is 6.90. The molecular formula is C76H74F2N2Si4. The summed E-state index contributed by atoms with van der Waals surface area (Å²) in [6.45, 7) is 28.3. The average molecular weight is 1170 g/mol. The molecule has 0 amide bonds. The van der Waals surface area contributed by atoms with E-state index in [1.54, 1.807) is 0 Å². The fraction of sp³-hybridized carbons (Fsp3) is 0.158. The first-order valence-corrected chi connectivity index (χ1v) is 43.5. The van der Waals surface area contributed by atoms with Crippen LogP contribution in [0.15, 0.2) is 231 Å². The molecule has 84 heavy (non-hydrogen) atoms. The van der Waals surface area contributed by atoms with Crippen molar-refractivity contribution in [3.63, 3.8) is 0 Å². The van der Waals surface area contributed by atoms with Gasteiger partial charge < -0.3 is 9.80 Å². The Balaban J connectivity index is 1.11. The maximum atomic E-state index is 18.6. The molecule has 0 aliphatic heterocycles. The molecule has 0 unspecified atom stereocenters. The highest BCUT2D eigenvalue weighted by Gasteiger charge is 2.29. The van der Waals surface area contributed by atoms with Crippen molar-refractivity contribution in [1.29, 1.82) is 0 Å². The predicted molar refractivity (Wildman–Crippen MR) is 373 cm³/mol. The van der Waals surface area contributed by atoms with Crippen LogP contribution in [0.1, 0.15) is 0 Å². The minimum absolute atomic E-state index is 0.286. The van der Waals surface area contributed by atoms with Gasteiger partial charge in [0.05, 0.1) is 55.0 Å². The lowest BCUT2D eigenvalue weighted by Crippen LogP contribution is -2.37. The molecule has 0 N–H and O–H groups in total. The summed E-state index contributed by atoms with van der Waals surface area (Å²) in [5.41, 5.74) is 11.2. The first kappa shape index (κ1) is 56.5. The van der Waals surface area contributed by atoms with Gasteiger partial charge in [0.15, 0.2) is 11.6 Å². The van der Waals surface area contributed by atoms with Crippen LogP contribution in [0.5, 0.6) is 0 Å². The average Bonchev–Trinajstić information content (AvgIpc) is 1.19. The van der Waals surface area contributed by atoms with Crippen LogP contribution in [-0.4, -0.2) is 32.3 Å². The lowest BCUT2D eigenvalue weighted by Gasteiger charge is -2.31. The summed E-state index contributed by atoms with van der Waals surface area (Å²) >= 11 is 0. The second-order valence-electron chi connectivity index (χ2n) is 27.0. The van der Waals surface area contributed by atoms with Crippen LogP contribution in [0.4, 0.5) is 42.9 Å². The van der Waals surface area contributed by atoms with Crippen molar-refractivity contribution >= 4 is 119 Å². The zero-order chi connectivity index (χ0) is 59.0. The number of benzene rings is 12. The van der Waals surface area contributed by atoms with E-state index in [0.717, 1.165) is 88.4 Å². The summed E-state index contributed by atoms with van der Waals surface area (Å²) in [6, 6.07) is 81.2. The van der Waals surface area contributed by atoms with Crippen molar-refractivity contribution in [3.05, 3.63) is 242 Å². The van der Waals surface area contributed by atoms with Gasteiger partial charge in [-0.25, -0.2) is 8.78 Å². The van der Waals surface area contributed by atoms with Crippen LogP contribution in [0, 0.1) is 11.6 Å². The Hall–Kier alpha value is -7.99. The molecule has 12 aromatic carbocycles. The van der Waals surface area contributed by atoms with E-state index in [2.05, 4.69) is 282 Å². The molecule has 0 spiro atoms. The molecule has 0 atom stereocenters. The minimum atomic E-state index is -1.77. The normalized spacial score (nSPS) is 12.4. The third kappa shape index (κ3) is 10.7. The highest BCUT2D eigenvalue weighted by atomic mass is 28.3. The van der Waals surface area contributed by atoms with Crippen molar-refractivity contribution in [2.24, 2.45) is 0 Å². The zero-order valence-corrected chi connectivity index (χ0v) is 54.6. The SMILES string of the molecule is C[Si](C)(C)c1cccc(-c2cc(-c3cccc([Si](C)(C)C)c3)c(F)c(N(c3ccccc3)c3ccc4ccc5c(N(c6ccccc6)c6cc(-c7cccc([Si](C)(C)C)c7)cc(-c7cccc([Si](C)(C)C)c7)c6F)ccc6ccc3c4c65)c2)c1. The monoisotopic (exact) mass is 1160 g/mol. The number of halogens is 2. The van der Waals surface area contributed by atoms with Crippen LogP contribution in [0.25, 0.3) is 76.8 Å². The molecule has 0 heterocycles. The van der Waals surface area contributed by atoms with Crippen LogP contribution in [0.3, 0.4) is 0 Å². The number of rotatable bonds is 14. The van der Waals surface area contributed by atoms with E-state index < -0.39 is 32.3 Å². The molecule has 2 nitrogen and oxygen atoms in total. The quantitative estimate of drug-likeness (QED) is 0.0791. The van der Waals surface area contributed by atoms with E-state index >= 15 is 8.78 Å². The lowest BCUT2D eigenvalue weighted by atomic mass is 9.91. The molecule has 12 rings (SSSR count). The Labute approximate surface area is 500 Å². The fourth-order valence-electron chi connectivity index (χ4n) is 12.1. The van der Waals surface area contributed by atoms with Gasteiger partial charge in [0.1, 0.15) is 0 Å². The maximum absolute atomic E-state index is 18.6. The van der Waals surface area contributed by atoms with Crippen molar-refractivity contribution in [2.45, 2.75) is 78.6 Å². The first-order chi connectivity index (χ1) is 40.0. The smallest absolute Gasteiger partial charge is 0.155 e. The van der Waals surface area contributed by atoms with Crippen LogP contribution < -0.4 is 30.5 Å². The number of hydrogen-bond donors (Lipinski definition) is 0. The van der Waals surface area contributed by atoms with Gasteiger partial charge in [-0.05, 0) is 116 Å². The van der Waals surface area contributed by atoms with Gasteiger partial charge in [-0.15, -0.1) is 0 Å². The summed E-state index contributed by atoms with van der Waals surface area (Å²) in [4.78, 5) is 4.26. The van der Waals surface area contributed by atoms with Gasteiger partial charge >= 0.3 is 0 Å². The summed E-state index contributed by atoms with van der Waals surface area (Å²) in [6.07, 6.45) is 0. The van der Waals surface area contributed by atoms with Crippen molar-refractivity contribution in [3.8, 4) is 44.5 Å². The van der Waals surface area contributed by atoms with Gasteiger partial charge in [0.2, 0.25) is 0 Å². The van der Waals surface area contributed by atoms with Crippen LogP contribution >= 0.6 is 0 Å². The second-order valence-corrected chi connectivity index (χ2v) is 47.3. The van der Waals surface area contributed by atoms with Crippen LogP contribution in [0.2, 0.25) is 78.6 Å². The molecular weight excluding hydrogens is 1090 g/mol. The third-order valence-corrected chi connectivity index (χ3v) is 25.1. The summed E-state index contributed by atoms with van der Waals surface area (Å²) in [5.74, 6) is -0.572. The second kappa shape index (κ2) is 21.6. The van der Waals surface area contributed by atoms with E-state index in [9.17, 15) is 0 Å².